The molecule has 1 saturated heterocycles. The number of hydrogen-bond acceptors (Lipinski definition) is 8. The van der Waals surface area contributed by atoms with E-state index in [0.29, 0.717) is 59.5 Å². The summed E-state index contributed by atoms with van der Waals surface area (Å²) in [5, 5.41) is 13.3. The Balaban J connectivity index is 1.45. The molecule has 230 valence electrons. The second-order valence-corrected chi connectivity index (χ2v) is 12.7. The van der Waals surface area contributed by atoms with Crippen molar-refractivity contribution in [2.75, 3.05) is 35.4 Å². The molecular formula is C34H32N4O6S. The second-order valence-electron chi connectivity index (χ2n) is 10.8. The van der Waals surface area contributed by atoms with Crippen LogP contribution in [0.4, 0.5) is 11.4 Å². The van der Waals surface area contributed by atoms with Crippen LogP contribution in [0.25, 0.3) is 11.0 Å². The Hall–Kier alpha value is -5.00. The van der Waals surface area contributed by atoms with E-state index in [1.807, 2.05) is 47.4 Å². The highest BCUT2D eigenvalue weighted by atomic mass is 32.2. The first kappa shape index (κ1) is 30.0. The summed E-state index contributed by atoms with van der Waals surface area (Å²) in [6.45, 7) is 3.23. The molecule has 2 N–H and O–H groups in total. The van der Waals surface area contributed by atoms with Gasteiger partial charge < -0.3 is 19.7 Å². The molecule has 11 heteroatoms. The lowest BCUT2D eigenvalue weighted by atomic mass is 10.0. The number of carbonyl (C=O) groups excluding carboxylic acids is 1. The number of carbonyl (C=O) groups is 2. The van der Waals surface area contributed by atoms with E-state index in [-0.39, 0.29) is 23.0 Å². The SMILES string of the molecule is Cc1c(C(=O)O)oc2ccc(S(=O)(=O)N(CCc3ccccc3)c3ccccc3N3CCNCC3C(=O)c3ccncc3)cc12. The molecule has 5 aromatic rings. The number of rotatable bonds is 10. The van der Waals surface area contributed by atoms with Gasteiger partial charge in [-0.15, -0.1) is 0 Å². The number of aromatic nitrogens is 1. The van der Waals surface area contributed by atoms with Gasteiger partial charge in [-0.05, 0) is 61.4 Å². The normalized spacial score (nSPS) is 15.2. The number of sulfonamides is 1. The maximum absolute atomic E-state index is 14.6. The number of aromatic carboxylic acids is 1. The van der Waals surface area contributed by atoms with E-state index in [1.165, 1.54) is 22.5 Å². The van der Waals surface area contributed by atoms with Crippen LogP contribution in [-0.2, 0) is 16.4 Å². The van der Waals surface area contributed by atoms with Gasteiger partial charge in [0.2, 0.25) is 5.76 Å². The van der Waals surface area contributed by atoms with Crippen LogP contribution in [0.1, 0.15) is 32.0 Å². The van der Waals surface area contributed by atoms with Crippen molar-refractivity contribution in [3.63, 3.8) is 0 Å². The van der Waals surface area contributed by atoms with Crippen LogP contribution in [-0.4, -0.2) is 62.5 Å². The maximum atomic E-state index is 14.6. The molecule has 1 atom stereocenters. The van der Waals surface area contributed by atoms with Crippen molar-refractivity contribution < 1.29 is 27.5 Å². The number of ketones is 1. The Labute approximate surface area is 261 Å². The van der Waals surface area contributed by atoms with Gasteiger partial charge in [-0.1, -0.05) is 42.5 Å². The van der Waals surface area contributed by atoms with Gasteiger partial charge in [0.1, 0.15) is 11.6 Å². The number of carboxylic acid groups (broad SMARTS) is 1. The van der Waals surface area contributed by atoms with Crippen LogP contribution in [0.5, 0.6) is 0 Å². The van der Waals surface area contributed by atoms with Gasteiger partial charge in [-0.2, -0.15) is 0 Å². The van der Waals surface area contributed by atoms with Crippen LogP contribution in [0.2, 0.25) is 0 Å². The first-order valence-electron chi connectivity index (χ1n) is 14.6. The number of carboxylic acids is 1. The molecule has 1 unspecified atom stereocenters. The van der Waals surface area contributed by atoms with Crippen molar-refractivity contribution in [1.82, 2.24) is 10.3 Å². The lowest BCUT2D eigenvalue weighted by Crippen LogP contribution is -2.55. The van der Waals surface area contributed by atoms with E-state index in [9.17, 15) is 23.1 Å². The molecule has 10 nitrogen and oxygen atoms in total. The standard InChI is InChI=1S/C34H32N4O6S/c1-23-27-21-26(11-12-31(27)44-33(23)34(40)41)45(42,43)38(19-15-24-7-3-2-4-8-24)29-10-6-5-9-28(29)37-20-18-36-22-30(37)32(39)25-13-16-35-17-14-25/h2-14,16-17,21,30,36H,15,18-20,22H2,1H3,(H,40,41). The Bertz CT molecular complexity index is 1960. The van der Waals surface area contributed by atoms with Gasteiger partial charge in [0, 0.05) is 55.1 Å². The number of fused-ring (bicyclic) bond motifs is 1. The van der Waals surface area contributed by atoms with Crippen molar-refractivity contribution in [2.45, 2.75) is 24.3 Å². The molecule has 2 aromatic heterocycles. The molecule has 1 fully saturated rings. The minimum atomic E-state index is -4.19. The van der Waals surface area contributed by atoms with E-state index in [2.05, 4.69) is 10.3 Å². The first-order valence-corrected chi connectivity index (χ1v) is 16.0. The molecule has 0 spiro atoms. The van der Waals surface area contributed by atoms with Crippen molar-refractivity contribution >= 4 is 44.1 Å². The van der Waals surface area contributed by atoms with Gasteiger partial charge in [-0.3, -0.25) is 14.1 Å². The number of aryl methyl sites for hydroxylation is 1. The number of hydrogen-bond donors (Lipinski definition) is 2. The minimum absolute atomic E-state index is 0.00317. The number of Topliss-reactive ketones (excluding diaryl/α,β-unsaturated/α-hetero) is 1. The predicted molar refractivity (Wildman–Crippen MR) is 172 cm³/mol. The zero-order chi connectivity index (χ0) is 31.6. The average molecular weight is 625 g/mol. The maximum Gasteiger partial charge on any atom is 0.372 e. The smallest absolute Gasteiger partial charge is 0.372 e. The molecule has 0 bridgehead atoms. The molecule has 3 aromatic carbocycles. The lowest BCUT2D eigenvalue weighted by molar-refractivity contribution is 0.0663. The fraction of sp³-hybridized carbons (Fsp3) is 0.206. The number of nitrogens with zero attached hydrogens (tertiary/aromatic N) is 3. The summed E-state index contributed by atoms with van der Waals surface area (Å²) >= 11 is 0. The quantitative estimate of drug-likeness (QED) is 0.208. The average Bonchev–Trinajstić information content (AvgIpc) is 3.41. The summed E-state index contributed by atoms with van der Waals surface area (Å²) in [5.74, 6) is -1.54. The van der Waals surface area contributed by atoms with Gasteiger partial charge >= 0.3 is 5.97 Å². The summed E-state index contributed by atoms with van der Waals surface area (Å²) < 4.78 is 36.1. The number of pyridine rings is 1. The molecule has 6 rings (SSSR count). The van der Waals surface area contributed by atoms with Gasteiger partial charge in [0.25, 0.3) is 10.0 Å². The number of anilines is 2. The first-order chi connectivity index (χ1) is 21.8. The summed E-state index contributed by atoms with van der Waals surface area (Å²) in [6, 6.07) is 24.0. The highest BCUT2D eigenvalue weighted by Gasteiger charge is 2.34. The Morgan fingerprint density at radius 3 is 2.51 bits per heavy atom. The number of piperazine rings is 1. The van der Waals surface area contributed by atoms with Crippen molar-refractivity contribution in [3.8, 4) is 0 Å². The van der Waals surface area contributed by atoms with Gasteiger partial charge in [0.15, 0.2) is 5.78 Å². The Morgan fingerprint density at radius 1 is 1.02 bits per heavy atom. The molecule has 0 amide bonds. The highest BCUT2D eigenvalue weighted by molar-refractivity contribution is 7.92. The third-order valence-corrected chi connectivity index (χ3v) is 9.92. The fourth-order valence-electron chi connectivity index (χ4n) is 5.79. The van der Waals surface area contributed by atoms with Crippen molar-refractivity contribution in [1.29, 1.82) is 0 Å². The summed E-state index contributed by atoms with van der Waals surface area (Å²) in [5.41, 5.74) is 3.20. The van der Waals surface area contributed by atoms with Gasteiger partial charge in [-0.25, -0.2) is 13.2 Å². The summed E-state index contributed by atoms with van der Waals surface area (Å²) in [6.07, 6.45) is 3.60. The Kier molecular flexibility index (Phi) is 8.38. The lowest BCUT2D eigenvalue weighted by Gasteiger charge is -2.39. The third kappa shape index (κ3) is 5.92. The fourth-order valence-corrected chi connectivity index (χ4v) is 7.30. The van der Waals surface area contributed by atoms with Crippen LogP contribution in [0, 0.1) is 6.92 Å². The van der Waals surface area contributed by atoms with Crippen molar-refractivity contribution in [3.05, 3.63) is 120 Å². The molecule has 1 aliphatic heterocycles. The van der Waals surface area contributed by atoms with Gasteiger partial charge in [0.05, 0.1) is 16.3 Å². The molecule has 1 aliphatic rings. The van der Waals surface area contributed by atoms with E-state index >= 15 is 0 Å². The minimum Gasteiger partial charge on any atom is -0.475 e. The van der Waals surface area contributed by atoms with E-state index in [0.717, 1.165) is 5.56 Å². The second kappa shape index (κ2) is 12.5. The zero-order valence-electron chi connectivity index (χ0n) is 24.6. The monoisotopic (exact) mass is 624 g/mol. The molecule has 0 radical (unpaired) electrons. The van der Waals surface area contributed by atoms with Crippen LogP contribution in [0.3, 0.4) is 0 Å². The predicted octanol–water partition coefficient (Wildman–Crippen LogP) is 4.93. The zero-order valence-corrected chi connectivity index (χ0v) is 25.4. The summed E-state index contributed by atoms with van der Waals surface area (Å²) in [7, 11) is -4.19. The molecule has 45 heavy (non-hydrogen) atoms. The Morgan fingerprint density at radius 2 is 1.76 bits per heavy atom. The third-order valence-electron chi connectivity index (χ3n) is 8.11. The van der Waals surface area contributed by atoms with Crippen molar-refractivity contribution in [2.24, 2.45) is 0 Å². The number of benzene rings is 3. The molecule has 0 aliphatic carbocycles. The largest absolute Gasteiger partial charge is 0.475 e. The van der Waals surface area contributed by atoms with Crippen LogP contribution in [0.15, 0.2) is 107 Å². The van der Waals surface area contributed by atoms with E-state index in [4.69, 9.17) is 4.42 Å². The summed E-state index contributed by atoms with van der Waals surface area (Å²) in [4.78, 5) is 31.4. The van der Waals surface area contributed by atoms with Crippen LogP contribution < -0.4 is 14.5 Å². The van der Waals surface area contributed by atoms with E-state index in [1.54, 1.807) is 43.6 Å². The number of furan rings is 1. The molecular weight excluding hydrogens is 592 g/mol. The number of nitrogens with one attached hydrogen (secondary N) is 1. The molecule has 3 heterocycles. The number of para-hydroxylation sites is 2. The molecule has 0 saturated carbocycles. The topological polar surface area (TPSA) is 133 Å². The highest BCUT2D eigenvalue weighted by Crippen LogP contribution is 2.37. The van der Waals surface area contributed by atoms with Crippen LogP contribution >= 0.6 is 0 Å². The van der Waals surface area contributed by atoms with E-state index < -0.39 is 22.0 Å².